The van der Waals surface area contributed by atoms with Gasteiger partial charge in [-0.2, -0.15) is 5.10 Å². The highest BCUT2D eigenvalue weighted by atomic mass is 16.1. The molecule has 0 fully saturated rings. The Morgan fingerprint density at radius 1 is 1.67 bits per heavy atom. The molecule has 0 aliphatic carbocycles. The van der Waals surface area contributed by atoms with E-state index in [1.54, 1.807) is 6.20 Å². The first-order valence-electron chi connectivity index (χ1n) is 5.03. The van der Waals surface area contributed by atoms with Crippen LogP contribution in [0.1, 0.15) is 32.0 Å². The van der Waals surface area contributed by atoms with Crippen LogP contribution in [0.15, 0.2) is 12.3 Å². The maximum absolute atomic E-state index is 10.7. The molecule has 2 unspecified atom stereocenters. The highest BCUT2D eigenvalue weighted by Crippen LogP contribution is 2.11. The Morgan fingerprint density at radius 2 is 2.33 bits per heavy atom. The fourth-order valence-corrected chi connectivity index (χ4v) is 1.68. The molecule has 0 radical (unpaired) electrons. The molecule has 5 heteroatoms. The molecule has 5 nitrogen and oxygen atoms in total. The number of nitrogens with two attached hydrogens (primary N) is 1. The van der Waals surface area contributed by atoms with Crippen LogP contribution < -0.4 is 11.1 Å². The minimum atomic E-state index is -0.285. The van der Waals surface area contributed by atoms with Gasteiger partial charge in [-0.3, -0.25) is 9.48 Å². The highest BCUT2D eigenvalue weighted by molar-refractivity contribution is 5.74. The predicted octanol–water partition coefficient (Wildman–Crippen LogP) is 0.335. The molecule has 0 aromatic carbocycles. The van der Waals surface area contributed by atoms with Gasteiger partial charge in [-0.1, -0.05) is 0 Å². The van der Waals surface area contributed by atoms with E-state index in [1.807, 2.05) is 31.6 Å². The summed E-state index contributed by atoms with van der Waals surface area (Å²) >= 11 is 0. The summed E-state index contributed by atoms with van der Waals surface area (Å²) in [6, 6.07) is 2.19. The fourth-order valence-electron chi connectivity index (χ4n) is 1.68. The van der Waals surface area contributed by atoms with Crippen molar-refractivity contribution in [1.29, 1.82) is 0 Å². The van der Waals surface area contributed by atoms with Gasteiger partial charge in [0.25, 0.3) is 0 Å². The van der Waals surface area contributed by atoms with Crippen LogP contribution in [0.4, 0.5) is 0 Å². The Bertz CT molecular complexity index is 334. The number of hydrogen-bond acceptors (Lipinski definition) is 3. The summed E-state index contributed by atoms with van der Waals surface area (Å²) in [4.78, 5) is 10.7. The molecule has 84 valence electrons. The number of aromatic nitrogens is 2. The Hall–Kier alpha value is -1.36. The number of primary amides is 1. The van der Waals surface area contributed by atoms with Crippen molar-refractivity contribution in [1.82, 2.24) is 15.1 Å². The number of hydrogen-bond donors (Lipinski definition) is 2. The SMILES string of the molecule is CC(CC(N)=O)NC(C)c1ccnn1C. The standard InChI is InChI=1S/C10H18N4O/c1-7(6-10(11)15)13-8(2)9-4-5-12-14(9)3/h4-5,7-8,13H,6H2,1-3H3,(H2,11,15). The average molecular weight is 210 g/mol. The summed E-state index contributed by atoms with van der Waals surface area (Å²) in [5.74, 6) is -0.285. The molecule has 1 aromatic heterocycles. The minimum absolute atomic E-state index is 0.0763. The van der Waals surface area contributed by atoms with E-state index in [0.29, 0.717) is 6.42 Å². The number of nitrogens with one attached hydrogen (secondary N) is 1. The van der Waals surface area contributed by atoms with Crippen molar-refractivity contribution in [3.63, 3.8) is 0 Å². The van der Waals surface area contributed by atoms with Crippen LogP contribution in [-0.4, -0.2) is 21.7 Å². The number of aryl methyl sites for hydroxylation is 1. The first kappa shape index (κ1) is 11.7. The summed E-state index contributed by atoms with van der Waals surface area (Å²) in [7, 11) is 1.90. The molecule has 1 amide bonds. The lowest BCUT2D eigenvalue weighted by Gasteiger charge is -2.19. The van der Waals surface area contributed by atoms with Crippen LogP contribution >= 0.6 is 0 Å². The monoisotopic (exact) mass is 210 g/mol. The van der Waals surface area contributed by atoms with E-state index >= 15 is 0 Å². The third kappa shape index (κ3) is 3.36. The molecule has 0 saturated carbocycles. The van der Waals surface area contributed by atoms with Crippen LogP contribution in [0.5, 0.6) is 0 Å². The molecule has 3 N–H and O–H groups in total. The normalized spacial score (nSPS) is 14.9. The lowest BCUT2D eigenvalue weighted by Crippen LogP contribution is -2.33. The van der Waals surface area contributed by atoms with Crippen LogP contribution in [0.3, 0.4) is 0 Å². The first-order valence-corrected chi connectivity index (χ1v) is 5.03. The lowest BCUT2D eigenvalue weighted by atomic mass is 10.1. The van der Waals surface area contributed by atoms with Crippen molar-refractivity contribution in [3.8, 4) is 0 Å². The van der Waals surface area contributed by atoms with Crippen molar-refractivity contribution < 1.29 is 4.79 Å². The zero-order valence-corrected chi connectivity index (χ0v) is 9.40. The van der Waals surface area contributed by atoms with Crippen molar-refractivity contribution in [2.24, 2.45) is 12.8 Å². The van der Waals surface area contributed by atoms with E-state index in [9.17, 15) is 4.79 Å². The number of carbonyl (C=O) groups is 1. The maximum Gasteiger partial charge on any atom is 0.218 e. The number of carbonyl (C=O) groups excluding carboxylic acids is 1. The van der Waals surface area contributed by atoms with Crippen molar-refractivity contribution >= 4 is 5.91 Å². The number of amides is 1. The van der Waals surface area contributed by atoms with Gasteiger partial charge >= 0.3 is 0 Å². The van der Waals surface area contributed by atoms with Gasteiger partial charge in [-0.05, 0) is 19.9 Å². The van der Waals surface area contributed by atoms with E-state index in [4.69, 9.17) is 5.73 Å². The van der Waals surface area contributed by atoms with Gasteiger partial charge in [0.05, 0.1) is 5.69 Å². The highest BCUT2D eigenvalue weighted by Gasteiger charge is 2.13. The first-order chi connectivity index (χ1) is 7.00. The quantitative estimate of drug-likeness (QED) is 0.735. The van der Waals surface area contributed by atoms with Crippen LogP contribution in [0, 0.1) is 0 Å². The van der Waals surface area contributed by atoms with Gasteiger partial charge < -0.3 is 11.1 Å². The summed E-state index contributed by atoms with van der Waals surface area (Å²) in [5.41, 5.74) is 6.21. The second kappa shape index (κ2) is 4.93. The molecular formula is C10H18N4O. The van der Waals surface area contributed by atoms with Crippen LogP contribution in [-0.2, 0) is 11.8 Å². The molecule has 2 atom stereocenters. The third-order valence-electron chi connectivity index (χ3n) is 2.34. The van der Waals surface area contributed by atoms with E-state index in [2.05, 4.69) is 10.4 Å². The Kier molecular flexibility index (Phi) is 3.85. The molecule has 0 aliphatic rings. The predicted molar refractivity (Wildman–Crippen MR) is 58.0 cm³/mol. The van der Waals surface area contributed by atoms with Gasteiger partial charge in [0.15, 0.2) is 0 Å². The zero-order chi connectivity index (χ0) is 11.4. The molecule has 0 aliphatic heterocycles. The topological polar surface area (TPSA) is 72.9 Å². The summed E-state index contributed by atoms with van der Waals surface area (Å²) < 4.78 is 1.81. The second-order valence-corrected chi connectivity index (χ2v) is 3.84. The summed E-state index contributed by atoms with van der Waals surface area (Å²) in [6.07, 6.45) is 2.11. The molecular weight excluding hydrogens is 192 g/mol. The Labute approximate surface area is 89.6 Å². The van der Waals surface area contributed by atoms with Gasteiger partial charge in [-0.25, -0.2) is 0 Å². The van der Waals surface area contributed by atoms with E-state index in [0.717, 1.165) is 5.69 Å². The van der Waals surface area contributed by atoms with Crippen molar-refractivity contribution in [3.05, 3.63) is 18.0 Å². The molecule has 0 spiro atoms. The fraction of sp³-hybridized carbons (Fsp3) is 0.600. The minimum Gasteiger partial charge on any atom is -0.370 e. The summed E-state index contributed by atoms with van der Waals surface area (Å²) in [5, 5.41) is 7.38. The van der Waals surface area contributed by atoms with E-state index < -0.39 is 0 Å². The molecule has 1 rings (SSSR count). The molecule has 0 saturated heterocycles. The van der Waals surface area contributed by atoms with Crippen molar-refractivity contribution in [2.75, 3.05) is 0 Å². The molecule has 1 aromatic rings. The van der Waals surface area contributed by atoms with Crippen LogP contribution in [0.25, 0.3) is 0 Å². The summed E-state index contributed by atoms with van der Waals surface area (Å²) in [6.45, 7) is 3.98. The lowest BCUT2D eigenvalue weighted by molar-refractivity contribution is -0.118. The average Bonchev–Trinajstić information content (AvgIpc) is 2.49. The van der Waals surface area contributed by atoms with E-state index in [-0.39, 0.29) is 18.0 Å². The molecule has 1 heterocycles. The Balaban J connectivity index is 2.52. The van der Waals surface area contributed by atoms with Gasteiger partial charge in [-0.15, -0.1) is 0 Å². The van der Waals surface area contributed by atoms with Crippen molar-refractivity contribution in [2.45, 2.75) is 32.4 Å². The molecule has 0 bridgehead atoms. The number of rotatable bonds is 5. The zero-order valence-electron chi connectivity index (χ0n) is 9.40. The van der Waals surface area contributed by atoms with Gasteiger partial charge in [0, 0.05) is 31.7 Å². The molecule has 15 heavy (non-hydrogen) atoms. The van der Waals surface area contributed by atoms with Gasteiger partial charge in [0.1, 0.15) is 0 Å². The van der Waals surface area contributed by atoms with Gasteiger partial charge in [0.2, 0.25) is 5.91 Å². The smallest absolute Gasteiger partial charge is 0.218 e. The largest absolute Gasteiger partial charge is 0.370 e. The van der Waals surface area contributed by atoms with Crippen LogP contribution in [0.2, 0.25) is 0 Å². The second-order valence-electron chi connectivity index (χ2n) is 3.84. The van der Waals surface area contributed by atoms with E-state index in [1.165, 1.54) is 0 Å². The number of nitrogens with zero attached hydrogens (tertiary/aromatic N) is 2. The Morgan fingerprint density at radius 3 is 2.80 bits per heavy atom. The third-order valence-corrected chi connectivity index (χ3v) is 2.34. The maximum atomic E-state index is 10.7.